The van der Waals surface area contributed by atoms with E-state index in [4.69, 9.17) is 16.3 Å². The first-order valence-electron chi connectivity index (χ1n) is 8.38. The fourth-order valence-electron chi connectivity index (χ4n) is 3.14. The Hall–Kier alpha value is -1.89. The van der Waals surface area contributed by atoms with Gasteiger partial charge in [-0.3, -0.25) is 0 Å². The molecule has 1 unspecified atom stereocenters. The maximum atomic E-state index is 13.2. The van der Waals surface area contributed by atoms with Gasteiger partial charge in [0.2, 0.25) is 10.0 Å². The molecule has 0 amide bonds. The monoisotopic (exact) mass is 393 g/mol. The molecule has 7 heteroatoms. The van der Waals surface area contributed by atoms with Gasteiger partial charge in [-0.1, -0.05) is 35.4 Å². The minimum absolute atomic E-state index is 0.162. The lowest BCUT2D eigenvalue weighted by atomic mass is 9.94. The number of sulfonamides is 1. The van der Waals surface area contributed by atoms with Gasteiger partial charge in [0.1, 0.15) is 6.04 Å². The summed E-state index contributed by atoms with van der Waals surface area (Å²) in [6, 6.07) is 10.7. The van der Waals surface area contributed by atoms with E-state index >= 15 is 0 Å². The van der Waals surface area contributed by atoms with Crippen LogP contribution in [-0.4, -0.2) is 31.8 Å². The molecule has 26 heavy (non-hydrogen) atoms. The average Bonchev–Trinajstić information content (AvgIpc) is 2.61. The maximum absolute atomic E-state index is 13.2. The lowest BCUT2D eigenvalue weighted by Crippen LogP contribution is -2.44. The molecule has 138 valence electrons. The van der Waals surface area contributed by atoms with Crippen LogP contribution in [0.25, 0.3) is 0 Å². The first-order valence-corrected chi connectivity index (χ1v) is 10.2. The van der Waals surface area contributed by atoms with Crippen LogP contribution in [0.2, 0.25) is 5.02 Å². The van der Waals surface area contributed by atoms with Gasteiger partial charge in [-0.25, -0.2) is 13.2 Å². The Morgan fingerprint density at radius 3 is 2.58 bits per heavy atom. The van der Waals surface area contributed by atoms with E-state index in [1.54, 1.807) is 49.4 Å². The molecule has 0 radical (unpaired) electrons. The molecule has 1 heterocycles. The van der Waals surface area contributed by atoms with Crippen molar-refractivity contribution in [3.05, 3.63) is 64.2 Å². The van der Waals surface area contributed by atoms with E-state index in [1.807, 2.05) is 6.92 Å². The Balaban J connectivity index is 2.09. The molecule has 2 aromatic carbocycles. The van der Waals surface area contributed by atoms with Crippen LogP contribution in [0.15, 0.2) is 47.4 Å². The highest BCUT2D eigenvalue weighted by Crippen LogP contribution is 2.36. The molecule has 0 saturated carbocycles. The number of rotatable bonds is 4. The number of benzene rings is 2. The maximum Gasteiger partial charge on any atom is 0.329 e. The lowest BCUT2D eigenvalue weighted by Gasteiger charge is -2.34. The van der Waals surface area contributed by atoms with Gasteiger partial charge in [0.25, 0.3) is 0 Å². The van der Waals surface area contributed by atoms with Crippen molar-refractivity contribution >= 4 is 27.6 Å². The van der Waals surface area contributed by atoms with Crippen molar-refractivity contribution in [1.29, 1.82) is 0 Å². The Bertz CT molecular complexity index is 925. The second kappa shape index (κ2) is 7.39. The van der Waals surface area contributed by atoms with E-state index in [9.17, 15) is 13.2 Å². The Morgan fingerprint density at radius 2 is 1.92 bits per heavy atom. The predicted molar refractivity (Wildman–Crippen MR) is 99.6 cm³/mol. The van der Waals surface area contributed by atoms with Gasteiger partial charge in [-0.15, -0.1) is 0 Å². The highest BCUT2D eigenvalue weighted by molar-refractivity contribution is 7.89. The van der Waals surface area contributed by atoms with Crippen LogP contribution < -0.4 is 0 Å². The molecule has 5 nitrogen and oxygen atoms in total. The molecule has 0 bridgehead atoms. The summed E-state index contributed by atoms with van der Waals surface area (Å²) >= 11 is 6.05. The van der Waals surface area contributed by atoms with Crippen molar-refractivity contribution < 1.29 is 17.9 Å². The quantitative estimate of drug-likeness (QED) is 0.746. The predicted octanol–water partition coefficient (Wildman–Crippen LogP) is 3.50. The highest BCUT2D eigenvalue weighted by Gasteiger charge is 2.41. The molecule has 0 fully saturated rings. The summed E-state index contributed by atoms with van der Waals surface area (Å²) in [5.74, 6) is -0.577. The summed E-state index contributed by atoms with van der Waals surface area (Å²) < 4.78 is 32.8. The number of aryl methyl sites for hydroxylation is 1. The van der Waals surface area contributed by atoms with Crippen molar-refractivity contribution in [3.8, 4) is 0 Å². The van der Waals surface area contributed by atoms with Gasteiger partial charge in [0.05, 0.1) is 11.5 Å². The summed E-state index contributed by atoms with van der Waals surface area (Å²) in [5.41, 5.74) is 2.45. The van der Waals surface area contributed by atoms with Crippen molar-refractivity contribution in [2.24, 2.45) is 0 Å². The normalized spacial score (nSPS) is 17.6. The molecule has 1 atom stereocenters. The van der Waals surface area contributed by atoms with E-state index in [0.717, 1.165) is 11.1 Å². The number of carbonyl (C=O) groups excluding carboxylic acids is 1. The molecular formula is C19H20ClNO4S. The van der Waals surface area contributed by atoms with Crippen LogP contribution in [0.4, 0.5) is 0 Å². The van der Waals surface area contributed by atoms with Crippen LogP contribution in [-0.2, 0) is 26.0 Å². The third kappa shape index (κ3) is 3.49. The molecule has 1 aliphatic rings. The van der Waals surface area contributed by atoms with Gasteiger partial charge in [-0.2, -0.15) is 4.31 Å². The third-order valence-electron chi connectivity index (χ3n) is 4.43. The van der Waals surface area contributed by atoms with Crippen LogP contribution in [0, 0.1) is 6.92 Å². The fraction of sp³-hybridized carbons (Fsp3) is 0.316. The van der Waals surface area contributed by atoms with Crippen LogP contribution in [0.5, 0.6) is 0 Å². The number of esters is 1. The van der Waals surface area contributed by atoms with Gasteiger partial charge < -0.3 is 4.74 Å². The number of fused-ring (bicyclic) bond motifs is 1. The average molecular weight is 394 g/mol. The fourth-order valence-corrected chi connectivity index (χ4v) is 4.90. The largest absolute Gasteiger partial charge is 0.465 e. The van der Waals surface area contributed by atoms with Crippen LogP contribution in [0.3, 0.4) is 0 Å². The Morgan fingerprint density at radius 1 is 1.23 bits per heavy atom. The molecule has 0 saturated heterocycles. The van der Waals surface area contributed by atoms with E-state index < -0.39 is 22.0 Å². The van der Waals surface area contributed by atoms with Gasteiger partial charge in [0.15, 0.2) is 0 Å². The highest BCUT2D eigenvalue weighted by atomic mass is 35.5. The van der Waals surface area contributed by atoms with E-state index in [1.165, 1.54) is 4.31 Å². The number of nitrogens with zero attached hydrogens (tertiary/aromatic N) is 1. The molecular weight excluding hydrogens is 374 g/mol. The van der Waals surface area contributed by atoms with Crippen molar-refractivity contribution in [2.75, 3.05) is 13.2 Å². The van der Waals surface area contributed by atoms with Crippen LogP contribution >= 0.6 is 11.6 Å². The zero-order valence-electron chi connectivity index (χ0n) is 14.6. The molecule has 0 aliphatic carbocycles. The molecule has 0 N–H and O–H groups in total. The van der Waals surface area contributed by atoms with Crippen molar-refractivity contribution in [2.45, 2.75) is 31.2 Å². The SMILES string of the molecule is CCOC(=O)C1c2ccc(Cl)cc2CCN1S(=O)(=O)c1ccc(C)cc1. The Kier molecular flexibility index (Phi) is 5.37. The molecule has 2 aromatic rings. The summed E-state index contributed by atoms with van der Waals surface area (Å²) in [4.78, 5) is 12.8. The van der Waals surface area contributed by atoms with E-state index in [0.29, 0.717) is 17.0 Å². The standard InChI is InChI=1S/C19H20ClNO4S/c1-3-25-19(22)18-17-9-6-15(20)12-14(17)10-11-21(18)26(23,24)16-7-4-13(2)5-8-16/h4-9,12,18H,3,10-11H2,1-2H3. The minimum atomic E-state index is -3.84. The number of ether oxygens (including phenoxy) is 1. The Labute approximate surface area is 158 Å². The van der Waals surface area contributed by atoms with Crippen molar-refractivity contribution in [3.63, 3.8) is 0 Å². The molecule has 0 aromatic heterocycles. The van der Waals surface area contributed by atoms with Gasteiger partial charge >= 0.3 is 5.97 Å². The molecule has 1 aliphatic heterocycles. The second-order valence-electron chi connectivity index (χ2n) is 6.18. The van der Waals surface area contributed by atoms with Crippen molar-refractivity contribution in [1.82, 2.24) is 4.31 Å². The number of hydrogen-bond acceptors (Lipinski definition) is 4. The number of hydrogen-bond donors (Lipinski definition) is 0. The smallest absolute Gasteiger partial charge is 0.329 e. The van der Waals surface area contributed by atoms with E-state index in [2.05, 4.69) is 0 Å². The summed E-state index contributed by atoms with van der Waals surface area (Å²) in [6.07, 6.45) is 0.483. The summed E-state index contributed by atoms with van der Waals surface area (Å²) in [5, 5.41) is 0.557. The van der Waals surface area contributed by atoms with Crippen LogP contribution in [0.1, 0.15) is 29.7 Å². The zero-order valence-corrected chi connectivity index (χ0v) is 16.2. The molecule has 3 rings (SSSR count). The number of carbonyl (C=O) groups is 1. The van der Waals surface area contributed by atoms with E-state index in [-0.39, 0.29) is 18.0 Å². The lowest BCUT2D eigenvalue weighted by molar-refractivity contribution is -0.148. The minimum Gasteiger partial charge on any atom is -0.465 e. The second-order valence-corrected chi connectivity index (χ2v) is 8.50. The summed E-state index contributed by atoms with van der Waals surface area (Å²) in [6.45, 7) is 3.95. The topological polar surface area (TPSA) is 63.7 Å². The summed E-state index contributed by atoms with van der Waals surface area (Å²) in [7, 11) is -3.84. The number of halogens is 1. The first-order chi connectivity index (χ1) is 12.3. The first kappa shape index (κ1) is 18.9. The van der Waals surface area contributed by atoms with Gasteiger partial charge in [-0.05, 0) is 55.7 Å². The zero-order chi connectivity index (χ0) is 18.9. The third-order valence-corrected chi connectivity index (χ3v) is 6.54. The van der Waals surface area contributed by atoms with Gasteiger partial charge in [0, 0.05) is 11.6 Å². The molecule has 0 spiro atoms.